The number of hydrogen-bond acceptors (Lipinski definition) is 5. The van der Waals surface area contributed by atoms with E-state index in [1.807, 2.05) is 0 Å². The molecule has 3 rings (SSSR count). The summed E-state index contributed by atoms with van der Waals surface area (Å²) in [6.45, 7) is -0.552. The molecule has 0 atom stereocenters. The van der Waals surface area contributed by atoms with Crippen molar-refractivity contribution >= 4 is 40.9 Å². The number of benzene rings is 2. The molecule has 0 fully saturated rings. The van der Waals surface area contributed by atoms with Crippen LogP contribution in [-0.2, 0) is 22.3 Å². The lowest BCUT2D eigenvalue weighted by Crippen LogP contribution is -2.22. The van der Waals surface area contributed by atoms with Crippen LogP contribution in [-0.4, -0.2) is 23.5 Å². The van der Waals surface area contributed by atoms with Crippen molar-refractivity contribution in [2.45, 2.75) is 12.8 Å². The second-order valence-corrected chi connectivity index (χ2v) is 7.43. The summed E-state index contributed by atoms with van der Waals surface area (Å²) in [7, 11) is 0. The summed E-state index contributed by atoms with van der Waals surface area (Å²) in [5, 5.41) is 2.36. The molecule has 1 aromatic heterocycles. The molecular formula is C22H15Cl2F3N2O4. The largest absolute Gasteiger partial charge is 0.488 e. The molecule has 0 radical (unpaired) electrons. The van der Waals surface area contributed by atoms with Gasteiger partial charge in [0.2, 0.25) is 0 Å². The standard InChI is InChI=1S/C22H15Cl2F3N2O4/c23-15-7-5-13(6-8-15)11-32-18-4-2-1-3-16(18)21(31)33-12-19(30)29-20-17(24)9-14(10-28-20)22(25,26)27/h1-10H,11-12H2,(H,28,29,30). The Morgan fingerprint density at radius 3 is 2.39 bits per heavy atom. The van der Waals surface area contributed by atoms with E-state index in [9.17, 15) is 22.8 Å². The fraction of sp³-hybridized carbons (Fsp3) is 0.136. The zero-order chi connectivity index (χ0) is 24.0. The molecule has 33 heavy (non-hydrogen) atoms. The number of nitrogens with one attached hydrogen (secondary N) is 1. The van der Waals surface area contributed by atoms with Crippen LogP contribution in [0.25, 0.3) is 0 Å². The molecule has 1 amide bonds. The molecule has 11 heteroatoms. The Balaban J connectivity index is 1.58. The zero-order valence-electron chi connectivity index (χ0n) is 16.7. The highest BCUT2D eigenvalue weighted by Crippen LogP contribution is 2.32. The topological polar surface area (TPSA) is 77.5 Å². The van der Waals surface area contributed by atoms with Gasteiger partial charge in [0, 0.05) is 11.2 Å². The molecule has 0 saturated carbocycles. The van der Waals surface area contributed by atoms with Gasteiger partial charge in [-0.1, -0.05) is 47.5 Å². The van der Waals surface area contributed by atoms with Crippen molar-refractivity contribution in [2.75, 3.05) is 11.9 Å². The maximum absolute atomic E-state index is 12.7. The van der Waals surface area contributed by atoms with Gasteiger partial charge in [-0.05, 0) is 35.9 Å². The van der Waals surface area contributed by atoms with E-state index in [0.29, 0.717) is 17.3 Å². The number of carbonyl (C=O) groups excluding carboxylic acids is 2. The number of nitrogens with zero attached hydrogens (tertiary/aromatic N) is 1. The second-order valence-electron chi connectivity index (χ2n) is 6.59. The monoisotopic (exact) mass is 498 g/mol. The molecule has 0 aliphatic rings. The minimum Gasteiger partial charge on any atom is -0.488 e. The lowest BCUT2D eigenvalue weighted by Gasteiger charge is -2.12. The molecule has 172 valence electrons. The van der Waals surface area contributed by atoms with Crippen LogP contribution in [0, 0.1) is 0 Å². The van der Waals surface area contributed by atoms with Crippen molar-refractivity contribution in [3.63, 3.8) is 0 Å². The minimum absolute atomic E-state index is 0.0879. The van der Waals surface area contributed by atoms with Gasteiger partial charge in [0.25, 0.3) is 5.91 Å². The number of alkyl halides is 3. The fourth-order valence-corrected chi connectivity index (χ4v) is 2.90. The van der Waals surface area contributed by atoms with E-state index in [0.717, 1.165) is 5.56 Å². The van der Waals surface area contributed by atoms with Gasteiger partial charge in [-0.25, -0.2) is 9.78 Å². The number of para-hydroxylation sites is 1. The first kappa shape index (κ1) is 24.3. The first-order valence-electron chi connectivity index (χ1n) is 9.29. The molecular weight excluding hydrogens is 484 g/mol. The Morgan fingerprint density at radius 2 is 1.73 bits per heavy atom. The van der Waals surface area contributed by atoms with Crippen molar-refractivity contribution in [3.8, 4) is 5.75 Å². The average Bonchev–Trinajstić information content (AvgIpc) is 2.78. The van der Waals surface area contributed by atoms with Crippen LogP contribution in [0.2, 0.25) is 10.0 Å². The molecule has 1 heterocycles. The summed E-state index contributed by atoms with van der Waals surface area (Å²) in [6.07, 6.45) is -4.10. The van der Waals surface area contributed by atoms with Crippen LogP contribution >= 0.6 is 23.2 Å². The van der Waals surface area contributed by atoms with Crippen LogP contribution in [0.5, 0.6) is 5.75 Å². The normalized spacial score (nSPS) is 11.1. The van der Waals surface area contributed by atoms with Gasteiger partial charge in [-0.3, -0.25) is 4.79 Å². The van der Waals surface area contributed by atoms with Crippen LogP contribution in [0.1, 0.15) is 21.5 Å². The number of anilines is 1. The third-order valence-corrected chi connectivity index (χ3v) is 4.72. The fourth-order valence-electron chi connectivity index (χ4n) is 2.56. The average molecular weight is 499 g/mol. The number of hydrogen-bond donors (Lipinski definition) is 1. The molecule has 6 nitrogen and oxygen atoms in total. The third kappa shape index (κ3) is 6.84. The molecule has 0 saturated heterocycles. The van der Waals surface area contributed by atoms with E-state index >= 15 is 0 Å². The first-order chi connectivity index (χ1) is 15.6. The van der Waals surface area contributed by atoms with Crippen LogP contribution in [0.15, 0.2) is 60.8 Å². The number of amides is 1. The van der Waals surface area contributed by atoms with E-state index in [1.54, 1.807) is 42.5 Å². The first-order valence-corrected chi connectivity index (χ1v) is 10.0. The molecule has 0 bridgehead atoms. The molecule has 3 aromatic rings. The van der Waals surface area contributed by atoms with E-state index in [1.165, 1.54) is 6.07 Å². The zero-order valence-corrected chi connectivity index (χ0v) is 18.2. The lowest BCUT2D eigenvalue weighted by atomic mass is 10.2. The van der Waals surface area contributed by atoms with Gasteiger partial charge in [-0.2, -0.15) is 13.2 Å². The lowest BCUT2D eigenvalue weighted by molar-refractivity contribution is -0.137. The minimum atomic E-state index is -4.63. The van der Waals surface area contributed by atoms with Crippen molar-refractivity contribution in [2.24, 2.45) is 0 Å². The van der Waals surface area contributed by atoms with Gasteiger partial charge in [0.15, 0.2) is 12.4 Å². The predicted octanol–water partition coefficient (Wildman–Crippen LogP) is 5.78. The number of rotatable bonds is 7. The van der Waals surface area contributed by atoms with E-state index < -0.39 is 35.2 Å². The Bertz CT molecular complexity index is 1160. The Hall–Kier alpha value is -3.30. The molecule has 0 aliphatic carbocycles. The van der Waals surface area contributed by atoms with Gasteiger partial charge >= 0.3 is 12.1 Å². The van der Waals surface area contributed by atoms with E-state index in [4.69, 9.17) is 32.7 Å². The van der Waals surface area contributed by atoms with Crippen molar-refractivity contribution in [1.29, 1.82) is 0 Å². The Labute approximate surface area is 196 Å². The molecule has 0 spiro atoms. The van der Waals surface area contributed by atoms with Gasteiger partial charge in [-0.15, -0.1) is 0 Å². The van der Waals surface area contributed by atoms with Crippen molar-refractivity contribution in [3.05, 3.63) is 87.5 Å². The summed E-state index contributed by atoms with van der Waals surface area (Å²) < 4.78 is 48.7. The summed E-state index contributed by atoms with van der Waals surface area (Å²) in [5.74, 6) is -1.72. The van der Waals surface area contributed by atoms with Crippen LogP contribution in [0.4, 0.5) is 19.0 Å². The van der Waals surface area contributed by atoms with E-state index in [2.05, 4.69) is 10.3 Å². The number of carbonyl (C=O) groups is 2. The quantitative estimate of drug-likeness (QED) is 0.417. The Morgan fingerprint density at radius 1 is 1.03 bits per heavy atom. The molecule has 0 aliphatic heterocycles. The maximum atomic E-state index is 12.7. The highest BCUT2D eigenvalue weighted by molar-refractivity contribution is 6.33. The second kappa shape index (κ2) is 10.5. The third-order valence-electron chi connectivity index (χ3n) is 4.18. The highest BCUT2D eigenvalue weighted by Gasteiger charge is 2.31. The number of halogens is 5. The van der Waals surface area contributed by atoms with Crippen LogP contribution in [0.3, 0.4) is 0 Å². The smallest absolute Gasteiger partial charge is 0.417 e. The highest BCUT2D eigenvalue weighted by atomic mass is 35.5. The van der Waals surface area contributed by atoms with Crippen LogP contribution < -0.4 is 10.1 Å². The van der Waals surface area contributed by atoms with Gasteiger partial charge in [0.05, 0.1) is 10.6 Å². The Kier molecular flexibility index (Phi) is 7.78. The summed E-state index contributed by atoms with van der Waals surface area (Å²) in [6, 6.07) is 13.9. The SMILES string of the molecule is O=C(COC(=O)c1ccccc1OCc1ccc(Cl)cc1)Nc1ncc(C(F)(F)F)cc1Cl. The number of ether oxygens (including phenoxy) is 2. The molecule has 2 aromatic carbocycles. The van der Waals surface area contributed by atoms with Gasteiger partial charge < -0.3 is 14.8 Å². The summed E-state index contributed by atoms with van der Waals surface area (Å²) in [5.41, 5.74) is -0.153. The number of aromatic nitrogens is 1. The predicted molar refractivity (Wildman–Crippen MR) is 115 cm³/mol. The van der Waals surface area contributed by atoms with E-state index in [-0.39, 0.29) is 23.7 Å². The maximum Gasteiger partial charge on any atom is 0.417 e. The summed E-state index contributed by atoms with van der Waals surface area (Å²) in [4.78, 5) is 28.0. The number of pyridine rings is 1. The molecule has 0 unspecified atom stereocenters. The number of esters is 1. The van der Waals surface area contributed by atoms with Gasteiger partial charge in [0.1, 0.15) is 17.9 Å². The van der Waals surface area contributed by atoms with Crippen molar-refractivity contribution in [1.82, 2.24) is 4.98 Å². The summed E-state index contributed by atoms with van der Waals surface area (Å²) >= 11 is 11.6. The molecule has 1 N–H and O–H groups in total. The van der Waals surface area contributed by atoms with Crippen molar-refractivity contribution < 1.29 is 32.2 Å².